The van der Waals surface area contributed by atoms with Gasteiger partial charge in [-0.15, -0.1) is 0 Å². The van der Waals surface area contributed by atoms with E-state index in [9.17, 15) is 8.42 Å². The highest BCUT2D eigenvalue weighted by atomic mass is 32.2. The second kappa shape index (κ2) is 6.01. The van der Waals surface area contributed by atoms with Crippen molar-refractivity contribution in [3.63, 3.8) is 0 Å². The zero-order valence-electron chi connectivity index (χ0n) is 13.6. The number of sulfonamides is 1. The average Bonchev–Trinajstić information content (AvgIpc) is 2.92. The molecule has 0 bridgehead atoms. The fourth-order valence-electron chi connectivity index (χ4n) is 3.04. The van der Waals surface area contributed by atoms with Crippen LogP contribution in [0, 0.1) is 13.8 Å². The molecule has 1 atom stereocenters. The van der Waals surface area contributed by atoms with Gasteiger partial charge in [0.05, 0.1) is 23.7 Å². The topological polar surface area (TPSA) is 91.8 Å². The largest absolute Gasteiger partial charge is 0.282 e. The maximum Gasteiger partial charge on any atom is 0.211 e. The molecule has 0 saturated carbocycles. The fourth-order valence-corrected chi connectivity index (χ4v) is 4.18. The molecule has 3 heterocycles. The Labute approximate surface area is 136 Å². The number of aromatic nitrogens is 4. The van der Waals surface area contributed by atoms with Crippen molar-refractivity contribution >= 4 is 10.0 Å². The highest BCUT2D eigenvalue weighted by Gasteiger charge is 2.32. The monoisotopic (exact) mass is 335 g/mol. The van der Waals surface area contributed by atoms with Crippen molar-refractivity contribution < 1.29 is 8.42 Å². The van der Waals surface area contributed by atoms with Gasteiger partial charge in [-0.2, -0.15) is 9.40 Å². The first kappa shape index (κ1) is 16.1. The van der Waals surface area contributed by atoms with Gasteiger partial charge in [0, 0.05) is 12.2 Å². The van der Waals surface area contributed by atoms with Crippen molar-refractivity contribution in [1.29, 1.82) is 0 Å². The SMILES string of the molecule is Cc1nc(-c2cc(C)[nH]n2)cc([C@H]2CCCCN2S(C)(=O)=O)n1. The van der Waals surface area contributed by atoms with E-state index in [0.717, 1.165) is 42.0 Å². The summed E-state index contributed by atoms with van der Waals surface area (Å²) in [5, 5.41) is 7.14. The number of rotatable bonds is 3. The van der Waals surface area contributed by atoms with E-state index >= 15 is 0 Å². The number of nitrogens with zero attached hydrogens (tertiary/aromatic N) is 4. The Kier molecular flexibility index (Phi) is 4.20. The summed E-state index contributed by atoms with van der Waals surface area (Å²) in [6, 6.07) is 3.55. The number of hydrogen-bond acceptors (Lipinski definition) is 5. The van der Waals surface area contributed by atoms with Crippen LogP contribution in [0.4, 0.5) is 0 Å². The molecular weight excluding hydrogens is 314 g/mol. The third kappa shape index (κ3) is 3.42. The van der Waals surface area contributed by atoms with Gasteiger partial charge in [-0.05, 0) is 38.8 Å². The van der Waals surface area contributed by atoms with Crippen molar-refractivity contribution in [1.82, 2.24) is 24.5 Å². The van der Waals surface area contributed by atoms with Gasteiger partial charge in [0.1, 0.15) is 11.5 Å². The minimum absolute atomic E-state index is 0.223. The van der Waals surface area contributed by atoms with Gasteiger partial charge in [0.15, 0.2) is 0 Å². The first-order valence-electron chi connectivity index (χ1n) is 7.69. The first-order valence-corrected chi connectivity index (χ1v) is 9.54. The second-order valence-corrected chi connectivity index (χ2v) is 7.98. The standard InChI is InChI=1S/C15H21N5O2S/c1-10-8-13(19-18-10)12-9-14(17-11(2)16-12)15-6-4-5-7-20(15)23(3,21)22/h8-9,15H,4-7H2,1-3H3,(H,18,19)/t15-/m1/s1. The number of aryl methyl sites for hydroxylation is 2. The molecule has 7 nitrogen and oxygen atoms in total. The Bertz CT molecular complexity index is 815. The summed E-state index contributed by atoms with van der Waals surface area (Å²) in [6.45, 7) is 4.29. The molecule has 8 heteroatoms. The normalized spacial score (nSPS) is 19.9. The van der Waals surface area contributed by atoms with Crippen molar-refractivity contribution in [2.75, 3.05) is 12.8 Å². The van der Waals surface area contributed by atoms with Crippen LogP contribution in [0.2, 0.25) is 0 Å². The van der Waals surface area contributed by atoms with Crippen LogP contribution < -0.4 is 0 Å². The lowest BCUT2D eigenvalue weighted by Gasteiger charge is -2.33. The van der Waals surface area contributed by atoms with Crippen LogP contribution in [0.25, 0.3) is 11.4 Å². The first-order chi connectivity index (χ1) is 10.8. The summed E-state index contributed by atoms with van der Waals surface area (Å²) in [4.78, 5) is 8.94. The number of hydrogen-bond donors (Lipinski definition) is 1. The minimum atomic E-state index is -3.26. The lowest BCUT2D eigenvalue weighted by Crippen LogP contribution is -2.38. The van der Waals surface area contributed by atoms with Gasteiger partial charge in [0.25, 0.3) is 0 Å². The maximum atomic E-state index is 12.1. The summed E-state index contributed by atoms with van der Waals surface area (Å²) < 4.78 is 25.7. The van der Waals surface area contributed by atoms with Gasteiger partial charge >= 0.3 is 0 Å². The molecule has 0 amide bonds. The van der Waals surface area contributed by atoms with E-state index in [2.05, 4.69) is 20.2 Å². The zero-order chi connectivity index (χ0) is 16.6. The van der Waals surface area contributed by atoms with Crippen molar-refractivity contribution in [3.8, 4) is 11.4 Å². The molecule has 124 valence electrons. The van der Waals surface area contributed by atoms with Crippen LogP contribution in [0.15, 0.2) is 12.1 Å². The summed E-state index contributed by atoms with van der Waals surface area (Å²) in [5.74, 6) is 0.622. The van der Waals surface area contributed by atoms with Gasteiger partial charge in [-0.3, -0.25) is 5.10 Å². The minimum Gasteiger partial charge on any atom is -0.282 e. The van der Waals surface area contributed by atoms with Crippen LogP contribution in [-0.4, -0.2) is 45.7 Å². The average molecular weight is 335 g/mol. The summed E-state index contributed by atoms with van der Waals surface area (Å²) in [7, 11) is -3.26. The second-order valence-electron chi connectivity index (χ2n) is 6.05. The van der Waals surface area contributed by atoms with Gasteiger partial charge < -0.3 is 0 Å². The van der Waals surface area contributed by atoms with Crippen LogP contribution in [0.1, 0.15) is 42.5 Å². The molecule has 23 heavy (non-hydrogen) atoms. The zero-order valence-corrected chi connectivity index (χ0v) is 14.4. The van der Waals surface area contributed by atoms with Crippen molar-refractivity contribution in [2.45, 2.75) is 39.2 Å². The third-order valence-electron chi connectivity index (χ3n) is 4.05. The van der Waals surface area contributed by atoms with E-state index in [-0.39, 0.29) is 6.04 Å². The molecule has 0 aliphatic carbocycles. The van der Waals surface area contributed by atoms with Gasteiger partial charge in [-0.25, -0.2) is 18.4 Å². The van der Waals surface area contributed by atoms with Crippen molar-refractivity contribution in [2.24, 2.45) is 0 Å². The smallest absolute Gasteiger partial charge is 0.211 e. The Morgan fingerprint density at radius 1 is 1.17 bits per heavy atom. The Balaban J connectivity index is 2.03. The molecule has 2 aromatic rings. The maximum absolute atomic E-state index is 12.1. The molecule has 1 aliphatic heterocycles. The Morgan fingerprint density at radius 2 is 1.96 bits per heavy atom. The van der Waals surface area contributed by atoms with Crippen LogP contribution >= 0.6 is 0 Å². The summed E-state index contributed by atoms with van der Waals surface area (Å²) >= 11 is 0. The number of piperidine rings is 1. The molecule has 1 saturated heterocycles. The van der Waals surface area contributed by atoms with Crippen LogP contribution in [0.5, 0.6) is 0 Å². The molecule has 0 spiro atoms. The van der Waals surface area contributed by atoms with Gasteiger partial charge in [0.2, 0.25) is 10.0 Å². The van der Waals surface area contributed by atoms with E-state index < -0.39 is 10.0 Å². The molecule has 3 rings (SSSR count). The van der Waals surface area contributed by atoms with E-state index in [1.165, 1.54) is 6.26 Å². The number of aromatic amines is 1. The molecular formula is C15H21N5O2S. The summed E-state index contributed by atoms with van der Waals surface area (Å²) in [6.07, 6.45) is 3.93. The highest BCUT2D eigenvalue weighted by molar-refractivity contribution is 7.88. The van der Waals surface area contributed by atoms with Crippen LogP contribution in [0.3, 0.4) is 0 Å². The molecule has 0 unspecified atom stereocenters. The number of H-pyrrole nitrogens is 1. The van der Waals surface area contributed by atoms with E-state index in [1.54, 1.807) is 4.31 Å². The van der Waals surface area contributed by atoms with Crippen molar-refractivity contribution in [3.05, 3.63) is 29.3 Å². The molecule has 1 fully saturated rings. The third-order valence-corrected chi connectivity index (χ3v) is 5.34. The quantitative estimate of drug-likeness (QED) is 0.926. The lowest BCUT2D eigenvalue weighted by molar-refractivity contribution is 0.252. The Morgan fingerprint density at radius 3 is 2.61 bits per heavy atom. The number of nitrogens with one attached hydrogen (secondary N) is 1. The van der Waals surface area contributed by atoms with Crippen LogP contribution in [-0.2, 0) is 10.0 Å². The van der Waals surface area contributed by atoms with E-state index in [0.29, 0.717) is 12.4 Å². The molecule has 0 radical (unpaired) electrons. The Hall–Kier alpha value is -1.80. The van der Waals surface area contributed by atoms with E-state index in [4.69, 9.17) is 0 Å². The summed E-state index contributed by atoms with van der Waals surface area (Å²) in [5.41, 5.74) is 3.17. The molecule has 1 aliphatic rings. The predicted octanol–water partition coefficient (Wildman–Crippen LogP) is 1.97. The highest BCUT2D eigenvalue weighted by Crippen LogP contribution is 2.33. The molecule has 2 aromatic heterocycles. The van der Waals surface area contributed by atoms with Gasteiger partial charge in [-0.1, -0.05) is 6.42 Å². The molecule has 1 N–H and O–H groups in total. The predicted molar refractivity (Wildman–Crippen MR) is 87.2 cm³/mol. The van der Waals surface area contributed by atoms with E-state index in [1.807, 2.05) is 26.0 Å². The molecule has 0 aromatic carbocycles. The fraction of sp³-hybridized carbons (Fsp3) is 0.533. The lowest BCUT2D eigenvalue weighted by atomic mass is 10.0.